The smallest absolute Gasteiger partial charge is 0.253 e. The summed E-state index contributed by atoms with van der Waals surface area (Å²) < 4.78 is 49.1. The average molecular weight is 626 g/mol. The second kappa shape index (κ2) is 15.5. The van der Waals surface area contributed by atoms with Gasteiger partial charge in [0.2, 0.25) is 20.0 Å². The molecule has 0 fully saturated rings. The second-order valence-electron chi connectivity index (χ2n) is 10.5. The number of likely N-dealkylation sites (N-methyl/N-ethyl adjacent to an activating group) is 1. The predicted octanol–water partition coefficient (Wildman–Crippen LogP) is 1.47. The summed E-state index contributed by atoms with van der Waals surface area (Å²) in [7, 11) is -6.48. The SMILES string of the molecule is CCCN(CCC)C(=O)c1cc(C(=O)NC(Cc2ccccc2)C(O)CN(C)NS(=O)(=O)C(C)C)cc(S(N)(=O)=O)c1. The van der Waals surface area contributed by atoms with E-state index in [4.69, 9.17) is 5.14 Å². The highest BCUT2D eigenvalue weighted by atomic mass is 32.2. The summed E-state index contributed by atoms with van der Waals surface area (Å²) in [5.41, 5.74) is 0.657. The molecule has 2 rings (SSSR count). The van der Waals surface area contributed by atoms with Gasteiger partial charge in [0.05, 0.1) is 22.3 Å². The molecule has 5 N–H and O–H groups in total. The Kier molecular flexibility index (Phi) is 13.1. The van der Waals surface area contributed by atoms with Crippen molar-refractivity contribution in [3.8, 4) is 0 Å². The molecule has 42 heavy (non-hydrogen) atoms. The van der Waals surface area contributed by atoms with Crippen LogP contribution in [0.3, 0.4) is 0 Å². The molecule has 0 spiro atoms. The fraction of sp³-hybridized carbons (Fsp3) is 0.500. The Morgan fingerprint density at radius 3 is 2.05 bits per heavy atom. The van der Waals surface area contributed by atoms with Crippen molar-refractivity contribution in [2.75, 3.05) is 26.7 Å². The first-order valence-corrected chi connectivity index (χ1v) is 16.9. The van der Waals surface area contributed by atoms with E-state index in [0.29, 0.717) is 25.9 Å². The van der Waals surface area contributed by atoms with Crippen molar-refractivity contribution in [2.45, 2.75) is 69.2 Å². The molecule has 2 aromatic rings. The van der Waals surface area contributed by atoms with E-state index in [2.05, 4.69) is 10.1 Å². The average Bonchev–Trinajstić information content (AvgIpc) is 2.91. The number of carbonyl (C=O) groups excluding carboxylic acids is 2. The number of benzene rings is 2. The first kappa shape index (κ1) is 35.3. The highest BCUT2D eigenvalue weighted by Gasteiger charge is 2.27. The summed E-state index contributed by atoms with van der Waals surface area (Å²) in [6.07, 6.45) is 0.310. The lowest BCUT2D eigenvalue weighted by atomic mass is 10.00. The first-order chi connectivity index (χ1) is 19.6. The summed E-state index contributed by atoms with van der Waals surface area (Å²) in [6.45, 7) is 7.60. The molecule has 2 aromatic carbocycles. The number of nitrogens with zero attached hydrogens (tertiary/aromatic N) is 2. The molecule has 0 aromatic heterocycles. The van der Waals surface area contributed by atoms with Gasteiger partial charge < -0.3 is 15.3 Å². The molecule has 0 saturated carbocycles. The molecule has 2 unspecified atom stereocenters. The summed E-state index contributed by atoms with van der Waals surface area (Å²) in [5.74, 6) is -1.17. The molecule has 2 amide bonds. The fourth-order valence-corrected chi connectivity index (χ4v) is 5.53. The van der Waals surface area contributed by atoms with Crippen LogP contribution in [0, 0.1) is 0 Å². The van der Waals surface area contributed by atoms with Gasteiger partial charge in [-0.3, -0.25) is 9.59 Å². The Hall–Kier alpha value is -2.88. The van der Waals surface area contributed by atoms with Gasteiger partial charge in [0.15, 0.2) is 0 Å². The van der Waals surface area contributed by atoms with Crippen molar-refractivity contribution in [1.29, 1.82) is 0 Å². The third-order valence-electron chi connectivity index (χ3n) is 6.46. The van der Waals surface area contributed by atoms with E-state index in [0.717, 1.165) is 17.7 Å². The Labute approximate surface area is 249 Å². The van der Waals surface area contributed by atoms with Crippen molar-refractivity contribution < 1.29 is 31.5 Å². The van der Waals surface area contributed by atoms with Crippen LogP contribution in [0.5, 0.6) is 0 Å². The van der Waals surface area contributed by atoms with Gasteiger partial charge in [0, 0.05) is 37.8 Å². The highest BCUT2D eigenvalue weighted by Crippen LogP contribution is 2.18. The van der Waals surface area contributed by atoms with Crippen LogP contribution in [0.15, 0.2) is 53.4 Å². The molecule has 12 nitrogen and oxygen atoms in total. The topological polar surface area (TPSA) is 179 Å². The second-order valence-corrected chi connectivity index (χ2v) is 14.3. The maximum atomic E-state index is 13.5. The summed E-state index contributed by atoms with van der Waals surface area (Å²) in [4.78, 5) is 30.4. The van der Waals surface area contributed by atoms with Gasteiger partial charge in [0.25, 0.3) is 11.8 Å². The molecule has 14 heteroatoms. The zero-order valence-electron chi connectivity index (χ0n) is 24.8. The normalized spacial score (nSPS) is 13.6. The van der Waals surface area contributed by atoms with Gasteiger partial charge in [-0.15, -0.1) is 4.83 Å². The summed E-state index contributed by atoms with van der Waals surface area (Å²) in [5, 5.41) is 19.8. The van der Waals surface area contributed by atoms with Gasteiger partial charge in [-0.1, -0.05) is 44.2 Å². The largest absolute Gasteiger partial charge is 0.390 e. The van der Waals surface area contributed by atoms with Crippen molar-refractivity contribution in [3.63, 3.8) is 0 Å². The van der Waals surface area contributed by atoms with Crippen molar-refractivity contribution >= 4 is 31.9 Å². The van der Waals surface area contributed by atoms with Crippen LogP contribution in [-0.2, 0) is 26.5 Å². The van der Waals surface area contributed by atoms with Crippen molar-refractivity contribution in [1.82, 2.24) is 20.1 Å². The van der Waals surface area contributed by atoms with E-state index in [9.17, 15) is 31.5 Å². The predicted molar refractivity (Wildman–Crippen MR) is 162 cm³/mol. The number of carbonyl (C=O) groups is 2. The van der Waals surface area contributed by atoms with Gasteiger partial charge in [-0.25, -0.2) is 27.0 Å². The van der Waals surface area contributed by atoms with E-state index < -0.39 is 54.2 Å². The van der Waals surface area contributed by atoms with Crippen LogP contribution >= 0.6 is 0 Å². The molecule has 234 valence electrons. The number of nitrogens with one attached hydrogen (secondary N) is 2. The third-order valence-corrected chi connectivity index (χ3v) is 9.16. The molecule has 0 bridgehead atoms. The quantitative estimate of drug-likeness (QED) is 0.203. The number of aliphatic hydroxyl groups excluding tert-OH is 1. The van der Waals surface area contributed by atoms with Gasteiger partial charge in [-0.2, -0.15) is 0 Å². The third kappa shape index (κ3) is 10.4. The van der Waals surface area contributed by atoms with Crippen molar-refractivity contribution in [2.24, 2.45) is 5.14 Å². The van der Waals surface area contributed by atoms with E-state index >= 15 is 0 Å². The Balaban J connectivity index is 2.44. The number of hydrazine groups is 1. The summed E-state index contributed by atoms with van der Waals surface area (Å²) in [6, 6.07) is 11.7. The number of aliphatic hydroxyl groups is 1. The number of sulfonamides is 2. The first-order valence-electron chi connectivity index (χ1n) is 13.8. The van der Waals surface area contributed by atoms with Crippen LogP contribution in [0.1, 0.15) is 66.8 Å². The molecule has 0 aliphatic rings. The van der Waals surface area contributed by atoms with Gasteiger partial charge >= 0.3 is 0 Å². The fourth-order valence-electron chi connectivity index (χ4n) is 4.23. The molecule has 2 atom stereocenters. The number of hydrogen-bond acceptors (Lipinski definition) is 8. The Morgan fingerprint density at radius 1 is 0.952 bits per heavy atom. The monoisotopic (exact) mass is 625 g/mol. The van der Waals surface area contributed by atoms with E-state index in [-0.39, 0.29) is 24.1 Å². The molecule has 0 saturated heterocycles. The van der Waals surface area contributed by atoms with Crippen LogP contribution in [-0.4, -0.2) is 87.7 Å². The highest BCUT2D eigenvalue weighted by molar-refractivity contribution is 7.90. The van der Waals surface area contributed by atoms with Crippen LogP contribution in [0.2, 0.25) is 0 Å². The molecule has 0 heterocycles. The standard InChI is InChI=1S/C28H43N5O7S2/c1-6-13-33(14-7-2)28(36)23-16-22(17-24(18-23)41(29,37)38)27(35)30-25(15-21-11-9-8-10-12-21)26(34)19-32(5)31-42(39,40)20(3)4/h8-12,16-18,20,25-26,31,34H,6-7,13-15,19H2,1-5H3,(H,30,35)(H2,29,37,38). The molecule has 0 aliphatic heterocycles. The number of rotatable bonds is 16. The van der Waals surface area contributed by atoms with Crippen LogP contribution in [0.4, 0.5) is 0 Å². The Morgan fingerprint density at radius 2 is 1.52 bits per heavy atom. The van der Waals surface area contributed by atoms with Gasteiger partial charge in [0.1, 0.15) is 0 Å². The van der Waals surface area contributed by atoms with Gasteiger partial charge in [-0.05, 0) is 56.9 Å². The molecule has 0 aliphatic carbocycles. The summed E-state index contributed by atoms with van der Waals surface area (Å²) >= 11 is 0. The number of primary sulfonamides is 1. The zero-order chi connectivity index (χ0) is 31.7. The maximum Gasteiger partial charge on any atom is 0.253 e. The maximum absolute atomic E-state index is 13.5. The van der Waals surface area contributed by atoms with Crippen LogP contribution < -0.4 is 15.3 Å². The zero-order valence-corrected chi connectivity index (χ0v) is 26.4. The van der Waals surface area contributed by atoms with E-state index in [1.807, 2.05) is 32.0 Å². The lowest BCUT2D eigenvalue weighted by Gasteiger charge is -2.29. The number of nitrogens with two attached hydrogens (primary N) is 1. The Bertz CT molecular complexity index is 1410. The van der Waals surface area contributed by atoms with E-state index in [1.165, 1.54) is 32.0 Å². The lowest BCUT2D eigenvalue weighted by Crippen LogP contribution is -2.52. The van der Waals surface area contributed by atoms with E-state index in [1.54, 1.807) is 17.0 Å². The lowest BCUT2D eigenvalue weighted by molar-refractivity contribution is 0.0687. The number of amides is 2. The minimum Gasteiger partial charge on any atom is -0.390 e. The minimum atomic E-state index is -4.27. The van der Waals surface area contributed by atoms with Crippen LogP contribution in [0.25, 0.3) is 0 Å². The molecule has 0 radical (unpaired) electrons. The minimum absolute atomic E-state index is 0.00319. The number of hydrogen-bond donors (Lipinski definition) is 4. The van der Waals surface area contributed by atoms with Crippen molar-refractivity contribution in [3.05, 3.63) is 65.2 Å². The molecular weight excluding hydrogens is 582 g/mol. The molecular formula is C28H43N5O7S2.